The summed E-state index contributed by atoms with van der Waals surface area (Å²) in [4.78, 5) is 37.4. The Hall–Kier alpha value is -3.36. The first kappa shape index (κ1) is 26.2. The predicted octanol–water partition coefficient (Wildman–Crippen LogP) is 3.35. The van der Waals surface area contributed by atoms with Gasteiger partial charge in [-0.15, -0.1) is 0 Å². The van der Waals surface area contributed by atoms with Crippen LogP contribution in [0.4, 0.5) is 4.39 Å². The summed E-state index contributed by atoms with van der Waals surface area (Å²) in [5.41, 5.74) is 1.97. The van der Waals surface area contributed by atoms with Gasteiger partial charge in [-0.2, -0.15) is 0 Å². The molecule has 0 saturated carbocycles. The van der Waals surface area contributed by atoms with Crippen LogP contribution in [0.25, 0.3) is 0 Å². The van der Waals surface area contributed by atoms with Gasteiger partial charge in [-0.1, -0.05) is 56.0 Å². The molecular formula is C27H31FN2O4Si. The number of carbonyl (C=O) groups is 2. The Morgan fingerprint density at radius 2 is 1.63 bits per heavy atom. The van der Waals surface area contributed by atoms with Crippen molar-refractivity contribution in [3.8, 4) is 0 Å². The Kier molecular flexibility index (Phi) is 8.53. The highest BCUT2D eigenvalue weighted by atomic mass is 28.3. The smallest absolute Gasteiger partial charge is 0.240 e. The van der Waals surface area contributed by atoms with Crippen LogP contribution in [-0.2, 0) is 33.9 Å². The van der Waals surface area contributed by atoms with Crippen molar-refractivity contribution in [2.45, 2.75) is 45.3 Å². The van der Waals surface area contributed by atoms with E-state index in [2.05, 4.69) is 25.0 Å². The van der Waals surface area contributed by atoms with E-state index in [0.717, 1.165) is 5.56 Å². The van der Waals surface area contributed by atoms with E-state index in [1.165, 1.54) is 30.6 Å². The van der Waals surface area contributed by atoms with E-state index in [0.29, 0.717) is 22.9 Å². The first-order valence-corrected chi connectivity index (χ1v) is 14.9. The van der Waals surface area contributed by atoms with E-state index >= 15 is 0 Å². The number of amides is 1. The third kappa shape index (κ3) is 7.31. The molecule has 0 spiro atoms. The molecule has 8 heteroatoms. The highest BCUT2D eigenvalue weighted by molar-refractivity contribution is 6.88. The van der Waals surface area contributed by atoms with E-state index in [4.69, 9.17) is 4.74 Å². The quantitative estimate of drug-likeness (QED) is 0.439. The van der Waals surface area contributed by atoms with Crippen LogP contribution in [0.1, 0.15) is 22.7 Å². The molecule has 0 radical (unpaired) electrons. The summed E-state index contributed by atoms with van der Waals surface area (Å²) in [6, 6.07) is 14.1. The normalized spacial score (nSPS) is 12.3. The molecule has 0 fully saturated rings. The number of Topliss-reactive ketones (excluding diaryl/α,β-unsaturated/α-hetero) is 1. The Balaban J connectivity index is 1.83. The zero-order valence-corrected chi connectivity index (χ0v) is 21.5. The molecule has 35 heavy (non-hydrogen) atoms. The van der Waals surface area contributed by atoms with Gasteiger partial charge in [0.05, 0.1) is 14.7 Å². The van der Waals surface area contributed by atoms with E-state index in [1.54, 1.807) is 35.9 Å². The summed E-state index contributed by atoms with van der Waals surface area (Å²) in [5, 5.41) is 3.53. The van der Waals surface area contributed by atoms with E-state index in [1.807, 2.05) is 12.1 Å². The van der Waals surface area contributed by atoms with Crippen LogP contribution in [0, 0.1) is 5.82 Å². The fourth-order valence-electron chi connectivity index (χ4n) is 3.82. The Morgan fingerprint density at radius 1 is 1.00 bits per heavy atom. The number of rotatable bonds is 10. The summed E-state index contributed by atoms with van der Waals surface area (Å²) in [7, 11) is -0.238. The lowest BCUT2D eigenvalue weighted by atomic mass is 9.96. The van der Waals surface area contributed by atoms with Gasteiger partial charge in [0.25, 0.3) is 0 Å². The maximum atomic E-state index is 14.7. The summed E-state index contributed by atoms with van der Waals surface area (Å²) in [6.07, 6.45) is 3.01. The minimum atomic E-state index is -1.84. The molecule has 0 aliphatic heterocycles. The van der Waals surface area contributed by atoms with Gasteiger partial charge in [0.2, 0.25) is 5.91 Å². The summed E-state index contributed by atoms with van der Waals surface area (Å²) in [5.74, 6) is -0.927. The summed E-state index contributed by atoms with van der Waals surface area (Å²) < 4.78 is 21.4. The van der Waals surface area contributed by atoms with Crippen molar-refractivity contribution < 1.29 is 18.7 Å². The first-order chi connectivity index (χ1) is 16.6. The van der Waals surface area contributed by atoms with Crippen LogP contribution in [0.15, 0.2) is 71.8 Å². The number of pyridine rings is 1. The number of benzene rings is 2. The molecule has 0 saturated heterocycles. The largest absolute Gasteiger partial charge is 0.380 e. The van der Waals surface area contributed by atoms with Crippen LogP contribution in [0.2, 0.25) is 19.6 Å². The molecule has 2 aromatic carbocycles. The number of ether oxygens (including phenoxy) is 1. The molecule has 1 atom stereocenters. The summed E-state index contributed by atoms with van der Waals surface area (Å²) >= 11 is 0. The van der Waals surface area contributed by atoms with Gasteiger partial charge in [0, 0.05) is 38.1 Å². The van der Waals surface area contributed by atoms with Crippen LogP contribution < -0.4 is 15.9 Å². The molecule has 1 heterocycles. The number of hydrogen-bond donors (Lipinski definition) is 1. The predicted molar refractivity (Wildman–Crippen MR) is 137 cm³/mol. The average molecular weight is 495 g/mol. The van der Waals surface area contributed by atoms with Crippen molar-refractivity contribution in [1.82, 2.24) is 9.88 Å². The third-order valence-electron chi connectivity index (χ3n) is 5.66. The number of hydrogen-bond acceptors (Lipinski definition) is 4. The maximum Gasteiger partial charge on any atom is 0.240 e. The standard InChI is InChI=1S/C27H31FN2O4Si/c1-34-18-19-5-8-21(9-6-19)27(29-26(33)17-30-13-11-22(31)12-14-30)24(32)16-20-7-10-25(23(28)15-20)35(2,3)4/h5-15,27H,16-18H2,1-4H3,(H,29,33)/t27-/m1/s1. The van der Waals surface area contributed by atoms with Gasteiger partial charge < -0.3 is 14.6 Å². The van der Waals surface area contributed by atoms with Crippen LogP contribution in [-0.4, -0.2) is 31.4 Å². The number of carbonyl (C=O) groups excluding carboxylic acids is 2. The van der Waals surface area contributed by atoms with Gasteiger partial charge in [0.15, 0.2) is 11.2 Å². The number of nitrogens with one attached hydrogen (secondary N) is 1. The van der Waals surface area contributed by atoms with Crippen molar-refractivity contribution in [1.29, 1.82) is 0 Å². The van der Waals surface area contributed by atoms with Gasteiger partial charge in [-0.3, -0.25) is 14.4 Å². The molecule has 184 valence electrons. The fourth-order valence-corrected chi connectivity index (χ4v) is 5.20. The zero-order valence-electron chi connectivity index (χ0n) is 20.5. The molecule has 1 aromatic heterocycles. The molecule has 1 N–H and O–H groups in total. The summed E-state index contributed by atoms with van der Waals surface area (Å²) in [6.45, 7) is 6.58. The minimum absolute atomic E-state index is 0.0221. The zero-order chi connectivity index (χ0) is 25.6. The monoisotopic (exact) mass is 494 g/mol. The second kappa shape index (κ2) is 11.4. The molecule has 6 nitrogen and oxygen atoms in total. The number of aromatic nitrogens is 1. The van der Waals surface area contributed by atoms with Gasteiger partial charge in [-0.05, 0) is 27.9 Å². The SMILES string of the molecule is COCc1ccc([C@@H](NC(=O)Cn2ccc(=O)cc2)C(=O)Cc2ccc([Si](C)(C)C)c(F)c2)cc1. The average Bonchev–Trinajstić information content (AvgIpc) is 2.79. The highest BCUT2D eigenvalue weighted by Crippen LogP contribution is 2.19. The van der Waals surface area contributed by atoms with Gasteiger partial charge in [-0.25, -0.2) is 4.39 Å². The fraction of sp³-hybridized carbons (Fsp3) is 0.296. The second-order valence-corrected chi connectivity index (χ2v) is 14.6. The van der Waals surface area contributed by atoms with Crippen LogP contribution in [0.5, 0.6) is 0 Å². The number of halogens is 1. The van der Waals surface area contributed by atoms with Crippen LogP contribution >= 0.6 is 0 Å². The Labute approximate surface area is 205 Å². The van der Waals surface area contributed by atoms with Crippen molar-refractivity contribution in [2.75, 3.05) is 7.11 Å². The van der Waals surface area contributed by atoms with Crippen molar-refractivity contribution in [2.24, 2.45) is 0 Å². The lowest BCUT2D eigenvalue weighted by molar-refractivity contribution is -0.128. The van der Waals surface area contributed by atoms with Crippen molar-refractivity contribution >= 4 is 25.0 Å². The van der Waals surface area contributed by atoms with Gasteiger partial charge in [0.1, 0.15) is 18.4 Å². The van der Waals surface area contributed by atoms with Gasteiger partial charge >= 0.3 is 0 Å². The maximum absolute atomic E-state index is 14.7. The first-order valence-electron chi connectivity index (χ1n) is 11.4. The van der Waals surface area contributed by atoms with Crippen molar-refractivity contribution in [3.05, 3.63) is 99.7 Å². The van der Waals surface area contributed by atoms with E-state index < -0.39 is 14.1 Å². The molecule has 0 unspecified atom stereocenters. The Bertz CT molecular complexity index is 1230. The number of methoxy groups -OCH3 is 1. The molecule has 3 aromatic rings. The third-order valence-corrected chi connectivity index (χ3v) is 7.68. The molecule has 0 aliphatic rings. The highest BCUT2D eigenvalue weighted by Gasteiger charge is 2.25. The topological polar surface area (TPSA) is 77.4 Å². The minimum Gasteiger partial charge on any atom is -0.380 e. The van der Waals surface area contributed by atoms with E-state index in [9.17, 15) is 18.8 Å². The molecule has 1 amide bonds. The lowest BCUT2D eigenvalue weighted by Crippen LogP contribution is -2.40. The Morgan fingerprint density at radius 3 is 2.20 bits per heavy atom. The van der Waals surface area contributed by atoms with E-state index in [-0.39, 0.29) is 35.9 Å². The molecular weight excluding hydrogens is 463 g/mol. The molecule has 3 rings (SSSR count). The number of nitrogens with zero attached hydrogens (tertiary/aromatic N) is 1. The molecule has 0 bridgehead atoms. The van der Waals surface area contributed by atoms with Crippen LogP contribution in [0.3, 0.4) is 0 Å². The van der Waals surface area contributed by atoms with Crippen molar-refractivity contribution in [3.63, 3.8) is 0 Å². The second-order valence-electron chi connectivity index (χ2n) is 9.59. The molecule has 0 aliphatic carbocycles. The number of ketones is 1. The lowest BCUT2D eigenvalue weighted by Gasteiger charge is -2.20.